The lowest BCUT2D eigenvalue weighted by Crippen LogP contribution is -2.29. The average molecular weight is 329 g/mol. The van der Waals surface area contributed by atoms with Gasteiger partial charge in [0.1, 0.15) is 21.9 Å². The van der Waals surface area contributed by atoms with Crippen molar-refractivity contribution < 1.29 is 18.3 Å². The van der Waals surface area contributed by atoms with Crippen molar-refractivity contribution in [1.82, 2.24) is 9.97 Å². The Labute approximate surface area is 130 Å². The molecule has 0 aliphatic heterocycles. The van der Waals surface area contributed by atoms with Crippen molar-refractivity contribution in [2.75, 3.05) is 24.6 Å². The van der Waals surface area contributed by atoms with Gasteiger partial charge in [-0.3, -0.25) is 0 Å². The van der Waals surface area contributed by atoms with E-state index < -0.39 is 18.9 Å². The minimum Gasteiger partial charge on any atom is -0.462 e. The Kier molecular flexibility index (Phi) is 5.23. The Bertz CT molecular complexity index is 675. The van der Waals surface area contributed by atoms with Crippen molar-refractivity contribution >= 4 is 33.3 Å². The summed E-state index contributed by atoms with van der Waals surface area (Å²) in [7, 11) is 0. The molecular weight excluding hydrogens is 312 g/mol. The van der Waals surface area contributed by atoms with Crippen molar-refractivity contribution in [1.29, 1.82) is 0 Å². The normalized spacial score (nSPS) is 11.2. The maximum absolute atomic E-state index is 12.7. The van der Waals surface area contributed by atoms with E-state index in [0.717, 1.165) is 0 Å². The van der Waals surface area contributed by atoms with Gasteiger partial charge in [0, 0.05) is 6.54 Å². The summed E-state index contributed by atoms with van der Waals surface area (Å²) < 4.78 is 30.5. The maximum Gasteiger partial charge on any atom is 0.348 e. The van der Waals surface area contributed by atoms with Crippen molar-refractivity contribution in [3.63, 3.8) is 0 Å². The van der Waals surface area contributed by atoms with Gasteiger partial charge in [-0.25, -0.2) is 23.5 Å². The number of esters is 1. The number of halogens is 2. The number of hydrogen-bond donors (Lipinski definition) is 0. The number of thiophene rings is 1. The molecule has 0 unspecified atom stereocenters. The van der Waals surface area contributed by atoms with Gasteiger partial charge in [0.15, 0.2) is 0 Å². The number of anilines is 1. The number of hydrogen-bond acceptors (Lipinski definition) is 6. The second-order valence-corrected chi connectivity index (χ2v) is 5.58. The summed E-state index contributed by atoms with van der Waals surface area (Å²) in [6.45, 7) is 5.52. The molecule has 0 fully saturated rings. The van der Waals surface area contributed by atoms with Gasteiger partial charge in [0.25, 0.3) is 6.43 Å². The average Bonchev–Trinajstić information content (AvgIpc) is 2.82. The molecule has 0 saturated heterocycles. The highest BCUT2D eigenvalue weighted by Crippen LogP contribution is 2.35. The molecule has 22 heavy (non-hydrogen) atoms. The number of carbonyl (C=O) groups excluding carboxylic acids is 1. The first-order valence-corrected chi connectivity index (χ1v) is 7.75. The minimum absolute atomic E-state index is 0.275. The lowest BCUT2D eigenvalue weighted by atomic mass is 10.2. The van der Waals surface area contributed by atoms with Crippen LogP contribution in [0.2, 0.25) is 0 Å². The standard InChI is InChI=1S/C14H17F2N3O2S/c1-4-19(6-9(15)16)12-10-8(3)11(14(20)21-5-2)22-13(10)18-7-17-12/h7,9H,4-6H2,1-3H3. The number of rotatable bonds is 6. The van der Waals surface area contributed by atoms with Gasteiger partial charge in [-0.1, -0.05) is 0 Å². The lowest BCUT2D eigenvalue weighted by molar-refractivity contribution is 0.0531. The van der Waals surface area contributed by atoms with Crippen LogP contribution in [0.3, 0.4) is 0 Å². The van der Waals surface area contributed by atoms with Crippen LogP contribution in [0.15, 0.2) is 6.33 Å². The highest BCUT2D eigenvalue weighted by molar-refractivity contribution is 7.20. The number of alkyl halides is 2. The molecule has 2 aromatic rings. The molecule has 0 aromatic carbocycles. The molecule has 0 saturated carbocycles. The Hall–Kier alpha value is -1.83. The van der Waals surface area contributed by atoms with E-state index in [4.69, 9.17) is 4.74 Å². The summed E-state index contributed by atoms with van der Waals surface area (Å²) in [4.78, 5) is 22.8. The summed E-state index contributed by atoms with van der Waals surface area (Å²) in [6, 6.07) is 0. The van der Waals surface area contributed by atoms with Crippen LogP contribution >= 0.6 is 11.3 Å². The van der Waals surface area contributed by atoms with Crippen LogP contribution in [0.25, 0.3) is 10.2 Å². The van der Waals surface area contributed by atoms with E-state index >= 15 is 0 Å². The van der Waals surface area contributed by atoms with Gasteiger partial charge >= 0.3 is 5.97 Å². The molecule has 8 heteroatoms. The number of ether oxygens (including phenoxy) is 1. The molecule has 0 spiro atoms. The Morgan fingerprint density at radius 1 is 1.41 bits per heavy atom. The Morgan fingerprint density at radius 2 is 2.14 bits per heavy atom. The molecule has 2 aromatic heterocycles. The first kappa shape index (κ1) is 16.5. The fourth-order valence-corrected chi connectivity index (χ4v) is 3.25. The minimum atomic E-state index is -2.46. The largest absolute Gasteiger partial charge is 0.462 e. The van der Waals surface area contributed by atoms with Crippen molar-refractivity contribution in [2.24, 2.45) is 0 Å². The highest BCUT2D eigenvalue weighted by atomic mass is 32.1. The van der Waals surface area contributed by atoms with Crippen LogP contribution in [0, 0.1) is 6.92 Å². The van der Waals surface area contributed by atoms with Crippen molar-refractivity contribution in [3.8, 4) is 0 Å². The summed E-state index contributed by atoms with van der Waals surface area (Å²) in [5, 5.41) is 0.637. The fourth-order valence-electron chi connectivity index (χ4n) is 2.22. The maximum atomic E-state index is 12.7. The van der Waals surface area contributed by atoms with E-state index in [1.165, 1.54) is 22.6 Å². The zero-order valence-corrected chi connectivity index (χ0v) is 13.4. The molecular formula is C14H17F2N3O2S. The van der Waals surface area contributed by atoms with E-state index in [1.54, 1.807) is 20.8 Å². The SMILES string of the molecule is CCOC(=O)c1sc2ncnc(N(CC)CC(F)F)c2c1C. The molecule has 120 valence electrons. The quantitative estimate of drug-likeness (QED) is 0.761. The zero-order chi connectivity index (χ0) is 16.3. The molecule has 0 bridgehead atoms. The molecule has 0 N–H and O–H groups in total. The van der Waals surface area contributed by atoms with Crippen LogP contribution < -0.4 is 4.90 Å². The second-order valence-electron chi connectivity index (χ2n) is 4.58. The van der Waals surface area contributed by atoms with Crippen LogP contribution in [-0.2, 0) is 4.74 Å². The summed E-state index contributed by atoms with van der Waals surface area (Å²) in [5.41, 5.74) is 0.668. The molecule has 0 aliphatic rings. The van der Waals surface area contributed by atoms with Crippen LogP contribution in [0.1, 0.15) is 29.1 Å². The lowest BCUT2D eigenvalue weighted by Gasteiger charge is -2.22. The third-order valence-electron chi connectivity index (χ3n) is 3.21. The zero-order valence-electron chi connectivity index (χ0n) is 12.6. The molecule has 2 rings (SSSR count). The van der Waals surface area contributed by atoms with E-state index in [2.05, 4.69) is 9.97 Å². The van der Waals surface area contributed by atoms with Crippen molar-refractivity contribution in [3.05, 3.63) is 16.8 Å². The molecule has 0 aliphatic carbocycles. The van der Waals surface area contributed by atoms with Gasteiger partial charge in [-0.2, -0.15) is 0 Å². The third-order valence-corrected chi connectivity index (χ3v) is 4.39. The van der Waals surface area contributed by atoms with Gasteiger partial charge in [0.05, 0.1) is 18.5 Å². The van der Waals surface area contributed by atoms with Crippen LogP contribution in [0.5, 0.6) is 0 Å². The number of aryl methyl sites for hydroxylation is 1. The van der Waals surface area contributed by atoms with Crippen LogP contribution in [0.4, 0.5) is 14.6 Å². The van der Waals surface area contributed by atoms with E-state index in [1.807, 2.05) is 0 Å². The predicted octanol–water partition coefficient (Wildman–Crippen LogP) is 3.27. The molecule has 0 amide bonds. The number of fused-ring (bicyclic) bond motifs is 1. The second kappa shape index (κ2) is 6.95. The summed E-state index contributed by atoms with van der Waals surface area (Å²) in [6.07, 6.45) is -1.13. The van der Waals surface area contributed by atoms with Gasteiger partial charge in [-0.05, 0) is 26.3 Å². The molecule has 0 atom stereocenters. The smallest absolute Gasteiger partial charge is 0.348 e. The monoisotopic (exact) mass is 329 g/mol. The highest BCUT2D eigenvalue weighted by Gasteiger charge is 2.23. The summed E-state index contributed by atoms with van der Waals surface area (Å²) in [5.74, 6) is 0.00274. The number of carbonyl (C=O) groups is 1. The van der Waals surface area contributed by atoms with Gasteiger partial charge in [0.2, 0.25) is 0 Å². The van der Waals surface area contributed by atoms with Crippen LogP contribution in [-0.4, -0.2) is 42.1 Å². The first-order chi connectivity index (χ1) is 10.5. The number of aromatic nitrogens is 2. The third kappa shape index (κ3) is 3.16. The number of nitrogens with zero attached hydrogens (tertiary/aromatic N) is 3. The molecule has 5 nitrogen and oxygen atoms in total. The van der Waals surface area contributed by atoms with Crippen molar-refractivity contribution in [2.45, 2.75) is 27.2 Å². The Balaban J connectivity index is 2.54. The predicted molar refractivity (Wildman–Crippen MR) is 82.0 cm³/mol. The molecule has 2 heterocycles. The van der Waals surface area contributed by atoms with E-state index in [-0.39, 0.29) is 6.61 Å². The van der Waals surface area contributed by atoms with Gasteiger partial charge < -0.3 is 9.64 Å². The van der Waals surface area contributed by atoms with E-state index in [0.29, 0.717) is 33.0 Å². The Morgan fingerprint density at radius 3 is 2.73 bits per heavy atom. The van der Waals surface area contributed by atoms with Gasteiger partial charge in [-0.15, -0.1) is 11.3 Å². The topological polar surface area (TPSA) is 55.3 Å². The first-order valence-electron chi connectivity index (χ1n) is 6.93. The molecule has 0 radical (unpaired) electrons. The van der Waals surface area contributed by atoms with E-state index in [9.17, 15) is 13.6 Å². The fraction of sp³-hybridized carbons (Fsp3) is 0.500. The summed E-state index contributed by atoms with van der Waals surface area (Å²) >= 11 is 1.19.